The maximum Gasteiger partial charge on any atom is 0.264 e. The van der Waals surface area contributed by atoms with Crippen molar-refractivity contribution < 1.29 is 17.4 Å². The lowest BCUT2D eigenvalue weighted by atomic mass is 9.46. The van der Waals surface area contributed by atoms with Gasteiger partial charge in [0.1, 0.15) is 0 Å². The van der Waals surface area contributed by atoms with Crippen LogP contribution in [0.1, 0.15) is 52.9 Å². The van der Waals surface area contributed by atoms with E-state index in [9.17, 15) is 13.2 Å². The van der Waals surface area contributed by atoms with Crippen LogP contribution in [0.3, 0.4) is 0 Å². The molecule has 0 bridgehead atoms. The van der Waals surface area contributed by atoms with Gasteiger partial charge in [-0.15, -0.1) is 0 Å². The van der Waals surface area contributed by atoms with E-state index >= 15 is 0 Å². The van der Waals surface area contributed by atoms with Crippen LogP contribution in [0, 0.1) is 34.5 Å². The molecule has 1 aliphatic heterocycles. The van der Waals surface area contributed by atoms with Gasteiger partial charge in [0, 0.05) is 11.5 Å². The van der Waals surface area contributed by atoms with Crippen molar-refractivity contribution in [1.29, 1.82) is 0 Å². The normalized spacial score (nSPS) is 50.5. The van der Waals surface area contributed by atoms with Crippen molar-refractivity contribution in [3.8, 4) is 0 Å². The molecule has 3 saturated carbocycles. The Bertz CT molecular complexity index is 747. The molecule has 0 saturated heterocycles. The first kappa shape index (κ1) is 18.5. The monoisotopic (exact) mass is 381 g/mol. The SMILES string of the molecule is CC1CC2NC(=O)C=C[C@]2(C)[C@@H]2CC[C@]3(C)CC(OS(C)(=O)=O)C[C@H]3[C@H]12. The topological polar surface area (TPSA) is 72.5 Å². The maximum absolute atomic E-state index is 11.9. The number of hydrogen-bond donors (Lipinski definition) is 1. The molecule has 0 aromatic rings. The number of carbonyl (C=O) groups excluding carboxylic acids is 1. The molecule has 5 nitrogen and oxygen atoms in total. The van der Waals surface area contributed by atoms with E-state index in [-0.39, 0.29) is 28.9 Å². The Hall–Kier alpha value is -0.880. The van der Waals surface area contributed by atoms with Crippen molar-refractivity contribution >= 4 is 16.0 Å². The Kier molecular flexibility index (Phi) is 4.13. The highest BCUT2D eigenvalue weighted by molar-refractivity contribution is 7.86. The standard InChI is InChI=1S/C20H31NO4S/c1-12-9-16-20(3,8-6-17(22)21-16)14-5-7-19(2)11-13(25-26(4,23)24)10-15(19)18(12)14/h6,8,12-16,18H,5,7,9-11H2,1-4H3,(H,21,22)/t12?,13?,14-,15+,16?,18-,19-,20-/m1/s1. The lowest BCUT2D eigenvalue weighted by Gasteiger charge is -2.60. The molecule has 1 N–H and O–H groups in total. The molecule has 0 spiro atoms. The summed E-state index contributed by atoms with van der Waals surface area (Å²) in [6.07, 6.45) is 9.77. The Morgan fingerprint density at radius 3 is 2.65 bits per heavy atom. The molecule has 4 rings (SSSR count). The molecule has 1 heterocycles. The first-order valence-corrected chi connectivity index (χ1v) is 11.7. The molecule has 26 heavy (non-hydrogen) atoms. The molecule has 0 radical (unpaired) electrons. The van der Waals surface area contributed by atoms with Crippen molar-refractivity contribution in [3.63, 3.8) is 0 Å². The Morgan fingerprint density at radius 1 is 1.23 bits per heavy atom. The fourth-order valence-corrected chi connectivity index (χ4v) is 7.64. The molecule has 1 amide bonds. The highest BCUT2D eigenvalue weighted by atomic mass is 32.2. The number of hydrogen-bond acceptors (Lipinski definition) is 4. The van der Waals surface area contributed by atoms with E-state index < -0.39 is 10.1 Å². The molecule has 6 heteroatoms. The minimum atomic E-state index is -3.42. The van der Waals surface area contributed by atoms with Crippen LogP contribution in [-0.4, -0.2) is 32.7 Å². The Morgan fingerprint density at radius 2 is 1.96 bits per heavy atom. The summed E-state index contributed by atoms with van der Waals surface area (Å²) in [4.78, 5) is 11.9. The number of fused-ring (bicyclic) bond motifs is 5. The lowest BCUT2D eigenvalue weighted by Crippen LogP contribution is -2.61. The summed E-state index contributed by atoms with van der Waals surface area (Å²) in [5, 5.41) is 3.20. The number of rotatable bonds is 2. The lowest BCUT2D eigenvalue weighted by molar-refractivity contribution is -0.124. The van der Waals surface area contributed by atoms with E-state index in [1.54, 1.807) is 6.08 Å². The van der Waals surface area contributed by atoms with Gasteiger partial charge >= 0.3 is 0 Å². The fourth-order valence-electron chi connectivity index (χ4n) is 7.00. The highest BCUT2D eigenvalue weighted by Gasteiger charge is 2.60. The maximum atomic E-state index is 11.9. The van der Waals surface area contributed by atoms with E-state index in [2.05, 4.69) is 32.2 Å². The van der Waals surface area contributed by atoms with Gasteiger partial charge in [-0.3, -0.25) is 8.98 Å². The van der Waals surface area contributed by atoms with Crippen LogP contribution in [0.2, 0.25) is 0 Å². The van der Waals surface area contributed by atoms with Gasteiger partial charge < -0.3 is 5.32 Å². The second-order valence-corrected chi connectivity index (χ2v) is 11.4. The van der Waals surface area contributed by atoms with Crippen molar-refractivity contribution in [2.45, 2.75) is 65.0 Å². The Labute approximate surface area is 157 Å². The van der Waals surface area contributed by atoms with Gasteiger partial charge in [0.2, 0.25) is 5.91 Å². The number of amides is 1. The van der Waals surface area contributed by atoms with Crippen LogP contribution in [-0.2, 0) is 19.1 Å². The summed E-state index contributed by atoms with van der Waals surface area (Å²) in [5.74, 6) is 2.13. The third kappa shape index (κ3) is 2.84. The zero-order chi connectivity index (χ0) is 18.9. The van der Waals surface area contributed by atoms with Crippen LogP contribution >= 0.6 is 0 Å². The van der Waals surface area contributed by atoms with Crippen molar-refractivity contribution in [3.05, 3.63) is 12.2 Å². The molecule has 146 valence electrons. The van der Waals surface area contributed by atoms with Crippen LogP contribution < -0.4 is 5.32 Å². The molecular formula is C20H31NO4S. The average molecular weight is 382 g/mol. The zero-order valence-corrected chi connectivity index (χ0v) is 17.0. The smallest absolute Gasteiger partial charge is 0.264 e. The van der Waals surface area contributed by atoms with Gasteiger partial charge in [0.05, 0.1) is 12.4 Å². The molecule has 3 aliphatic carbocycles. The summed E-state index contributed by atoms with van der Waals surface area (Å²) in [6, 6.07) is 0.213. The first-order chi connectivity index (χ1) is 12.0. The molecule has 0 aromatic heterocycles. The van der Waals surface area contributed by atoms with Gasteiger partial charge in [0.15, 0.2) is 0 Å². The second kappa shape index (κ2) is 5.81. The minimum absolute atomic E-state index is 0.00218. The van der Waals surface area contributed by atoms with E-state index in [1.807, 2.05) is 0 Å². The summed E-state index contributed by atoms with van der Waals surface area (Å²) < 4.78 is 28.7. The largest absolute Gasteiger partial charge is 0.349 e. The van der Waals surface area contributed by atoms with Gasteiger partial charge in [-0.25, -0.2) is 0 Å². The van der Waals surface area contributed by atoms with Crippen molar-refractivity contribution in [1.82, 2.24) is 5.32 Å². The quantitative estimate of drug-likeness (QED) is 0.747. The highest BCUT2D eigenvalue weighted by Crippen LogP contribution is 2.64. The zero-order valence-electron chi connectivity index (χ0n) is 16.2. The van der Waals surface area contributed by atoms with E-state index in [0.29, 0.717) is 23.7 Å². The molecular weight excluding hydrogens is 350 g/mol. The van der Waals surface area contributed by atoms with Crippen LogP contribution in [0.5, 0.6) is 0 Å². The average Bonchev–Trinajstić information content (AvgIpc) is 2.83. The van der Waals surface area contributed by atoms with E-state index in [0.717, 1.165) is 38.4 Å². The number of nitrogens with one attached hydrogen (secondary N) is 1. The third-order valence-electron chi connectivity index (χ3n) is 8.10. The third-order valence-corrected chi connectivity index (χ3v) is 8.72. The number of carbonyl (C=O) groups is 1. The summed E-state index contributed by atoms with van der Waals surface area (Å²) in [7, 11) is -3.42. The fraction of sp³-hybridized carbons (Fsp3) is 0.850. The molecule has 0 aromatic carbocycles. The van der Waals surface area contributed by atoms with Gasteiger partial charge in [-0.05, 0) is 67.3 Å². The minimum Gasteiger partial charge on any atom is -0.349 e. The van der Waals surface area contributed by atoms with E-state index in [4.69, 9.17) is 4.18 Å². The van der Waals surface area contributed by atoms with Crippen molar-refractivity contribution in [2.75, 3.05) is 6.26 Å². The summed E-state index contributed by atoms with van der Waals surface area (Å²) >= 11 is 0. The summed E-state index contributed by atoms with van der Waals surface area (Å²) in [5.41, 5.74) is 0.164. The molecule has 3 unspecified atom stereocenters. The first-order valence-electron chi connectivity index (χ1n) is 9.90. The van der Waals surface area contributed by atoms with Gasteiger partial charge in [-0.1, -0.05) is 26.8 Å². The van der Waals surface area contributed by atoms with Crippen LogP contribution in [0.4, 0.5) is 0 Å². The molecule has 8 atom stereocenters. The van der Waals surface area contributed by atoms with Crippen molar-refractivity contribution in [2.24, 2.45) is 34.5 Å². The predicted molar refractivity (Wildman–Crippen MR) is 99.7 cm³/mol. The van der Waals surface area contributed by atoms with Gasteiger partial charge in [-0.2, -0.15) is 8.42 Å². The Balaban J connectivity index is 1.65. The molecule has 4 aliphatic rings. The second-order valence-electron chi connectivity index (χ2n) is 9.82. The molecule has 3 fully saturated rings. The van der Waals surface area contributed by atoms with E-state index in [1.165, 1.54) is 0 Å². The van der Waals surface area contributed by atoms with Gasteiger partial charge in [0.25, 0.3) is 10.1 Å². The summed E-state index contributed by atoms with van der Waals surface area (Å²) in [6.45, 7) is 6.95. The van der Waals surface area contributed by atoms with Crippen LogP contribution in [0.25, 0.3) is 0 Å². The van der Waals surface area contributed by atoms with Crippen LogP contribution in [0.15, 0.2) is 12.2 Å². The predicted octanol–water partition coefficient (Wildman–Crippen LogP) is 2.87.